The first-order valence-corrected chi connectivity index (χ1v) is 6.27. The van der Waals surface area contributed by atoms with Gasteiger partial charge in [-0.15, -0.1) is 0 Å². The molecule has 3 nitrogen and oxygen atoms in total. The Morgan fingerprint density at radius 1 is 1.47 bits per heavy atom. The number of rotatable bonds is 5. The summed E-state index contributed by atoms with van der Waals surface area (Å²) in [6, 6.07) is 0.976. The first-order valence-electron chi connectivity index (χ1n) is 6.27. The van der Waals surface area contributed by atoms with Gasteiger partial charge in [0.1, 0.15) is 0 Å². The van der Waals surface area contributed by atoms with Crippen molar-refractivity contribution in [1.82, 2.24) is 4.90 Å². The number of aliphatic hydroxyl groups excluding tert-OH is 1. The van der Waals surface area contributed by atoms with Crippen LogP contribution < -0.4 is 5.73 Å². The zero-order valence-electron chi connectivity index (χ0n) is 10.2. The van der Waals surface area contributed by atoms with E-state index >= 15 is 0 Å². The van der Waals surface area contributed by atoms with Crippen LogP contribution in [0.5, 0.6) is 0 Å². The van der Waals surface area contributed by atoms with E-state index in [-0.39, 0.29) is 0 Å². The summed E-state index contributed by atoms with van der Waals surface area (Å²) in [6.07, 6.45) is 4.37. The second kappa shape index (κ2) is 6.46. The fourth-order valence-corrected chi connectivity index (χ4v) is 2.49. The number of aliphatic hydroxyl groups is 1. The highest BCUT2D eigenvalue weighted by Crippen LogP contribution is 2.22. The van der Waals surface area contributed by atoms with Crippen molar-refractivity contribution in [3.8, 4) is 0 Å². The van der Waals surface area contributed by atoms with E-state index in [9.17, 15) is 0 Å². The standard InChI is InChI=1S/C12H26N2O/c1-3-10(2)14-8-11(5-4-6-15)7-12(13)9-14/h10-12,15H,3-9,13H2,1-2H3. The number of piperidine rings is 1. The molecule has 0 spiro atoms. The van der Waals surface area contributed by atoms with E-state index in [0.29, 0.717) is 24.6 Å². The molecule has 3 unspecified atom stereocenters. The maximum Gasteiger partial charge on any atom is 0.0431 e. The SMILES string of the molecule is CCC(C)N1CC(N)CC(CCCO)C1. The molecule has 1 aliphatic rings. The van der Waals surface area contributed by atoms with Crippen molar-refractivity contribution in [2.75, 3.05) is 19.7 Å². The fraction of sp³-hybridized carbons (Fsp3) is 1.00. The Balaban J connectivity index is 2.40. The number of likely N-dealkylation sites (tertiary alicyclic amines) is 1. The second-order valence-electron chi connectivity index (χ2n) is 4.94. The van der Waals surface area contributed by atoms with Gasteiger partial charge in [-0.05, 0) is 38.5 Å². The van der Waals surface area contributed by atoms with E-state index in [1.54, 1.807) is 0 Å². The third-order valence-electron chi connectivity index (χ3n) is 3.58. The molecule has 15 heavy (non-hydrogen) atoms. The molecule has 0 bridgehead atoms. The van der Waals surface area contributed by atoms with Gasteiger partial charge >= 0.3 is 0 Å². The maximum atomic E-state index is 8.84. The lowest BCUT2D eigenvalue weighted by atomic mass is 9.90. The molecule has 1 heterocycles. The van der Waals surface area contributed by atoms with E-state index in [2.05, 4.69) is 18.7 Å². The van der Waals surface area contributed by atoms with Crippen molar-refractivity contribution in [3.63, 3.8) is 0 Å². The minimum absolute atomic E-state index is 0.315. The molecular formula is C12H26N2O. The molecule has 0 aromatic carbocycles. The summed E-state index contributed by atoms with van der Waals surface area (Å²) in [5, 5.41) is 8.84. The molecule has 3 N–H and O–H groups in total. The summed E-state index contributed by atoms with van der Waals surface area (Å²) < 4.78 is 0. The van der Waals surface area contributed by atoms with Crippen LogP contribution in [0.15, 0.2) is 0 Å². The maximum absolute atomic E-state index is 8.84. The monoisotopic (exact) mass is 214 g/mol. The van der Waals surface area contributed by atoms with Crippen molar-refractivity contribution in [3.05, 3.63) is 0 Å². The summed E-state index contributed by atoms with van der Waals surface area (Å²) >= 11 is 0. The topological polar surface area (TPSA) is 49.5 Å². The molecule has 0 aliphatic carbocycles. The molecule has 90 valence electrons. The summed E-state index contributed by atoms with van der Waals surface area (Å²) in [4.78, 5) is 2.51. The van der Waals surface area contributed by atoms with E-state index in [1.807, 2.05) is 0 Å². The molecule has 1 rings (SSSR count). The van der Waals surface area contributed by atoms with Crippen LogP contribution in [0.2, 0.25) is 0 Å². The summed E-state index contributed by atoms with van der Waals surface area (Å²) in [5.41, 5.74) is 6.08. The number of hydrogen-bond donors (Lipinski definition) is 2. The summed E-state index contributed by atoms with van der Waals surface area (Å²) in [6.45, 7) is 7.04. The molecular weight excluding hydrogens is 188 g/mol. The molecule has 0 radical (unpaired) electrons. The second-order valence-corrected chi connectivity index (χ2v) is 4.94. The van der Waals surface area contributed by atoms with Gasteiger partial charge in [0, 0.05) is 31.8 Å². The Morgan fingerprint density at radius 2 is 2.20 bits per heavy atom. The zero-order chi connectivity index (χ0) is 11.3. The van der Waals surface area contributed by atoms with Crippen molar-refractivity contribution in [1.29, 1.82) is 0 Å². The largest absolute Gasteiger partial charge is 0.396 e. The van der Waals surface area contributed by atoms with Crippen LogP contribution in [-0.2, 0) is 0 Å². The molecule has 3 heteroatoms. The molecule has 0 saturated carbocycles. The van der Waals surface area contributed by atoms with Gasteiger partial charge in [0.15, 0.2) is 0 Å². The highest BCUT2D eigenvalue weighted by molar-refractivity contribution is 4.83. The molecule has 0 amide bonds. The minimum Gasteiger partial charge on any atom is -0.396 e. The van der Waals surface area contributed by atoms with Gasteiger partial charge in [0.25, 0.3) is 0 Å². The Morgan fingerprint density at radius 3 is 2.80 bits per heavy atom. The van der Waals surface area contributed by atoms with Crippen LogP contribution in [0.25, 0.3) is 0 Å². The van der Waals surface area contributed by atoms with Crippen LogP contribution in [-0.4, -0.2) is 41.8 Å². The Hall–Kier alpha value is -0.120. The summed E-state index contributed by atoms with van der Waals surface area (Å²) in [5.74, 6) is 0.690. The molecule has 0 aromatic rings. The third kappa shape index (κ3) is 4.09. The van der Waals surface area contributed by atoms with Crippen LogP contribution in [0.1, 0.15) is 39.5 Å². The molecule has 3 atom stereocenters. The number of nitrogens with two attached hydrogens (primary N) is 1. The van der Waals surface area contributed by atoms with Gasteiger partial charge in [0.2, 0.25) is 0 Å². The zero-order valence-corrected chi connectivity index (χ0v) is 10.2. The average Bonchev–Trinajstić information content (AvgIpc) is 2.24. The Kier molecular flexibility index (Phi) is 5.58. The van der Waals surface area contributed by atoms with Crippen LogP contribution in [0.3, 0.4) is 0 Å². The normalized spacial score (nSPS) is 30.4. The number of hydrogen-bond acceptors (Lipinski definition) is 3. The van der Waals surface area contributed by atoms with E-state index in [0.717, 1.165) is 25.8 Å². The van der Waals surface area contributed by atoms with E-state index in [4.69, 9.17) is 10.8 Å². The van der Waals surface area contributed by atoms with Crippen molar-refractivity contribution < 1.29 is 5.11 Å². The van der Waals surface area contributed by atoms with Gasteiger partial charge in [-0.3, -0.25) is 4.90 Å². The van der Waals surface area contributed by atoms with Gasteiger partial charge in [-0.25, -0.2) is 0 Å². The highest BCUT2D eigenvalue weighted by atomic mass is 16.2. The lowest BCUT2D eigenvalue weighted by molar-refractivity contribution is 0.106. The average molecular weight is 214 g/mol. The first-order chi connectivity index (χ1) is 7.17. The van der Waals surface area contributed by atoms with Crippen molar-refractivity contribution >= 4 is 0 Å². The summed E-state index contributed by atoms with van der Waals surface area (Å²) in [7, 11) is 0. The minimum atomic E-state index is 0.315. The fourth-order valence-electron chi connectivity index (χ4n) is 2.49. The molecule has 1 aliphatic heterocycles. The van der Waals surface area contributed by atoms with Crippen LogP contribution in [0, 0.1) is 5.92 Å². The quantitative estimate of drug-likeness (QED) is 0.723. The van der Waals surface area contributed by atoms with Crippen LogP contribution in [0.4, 0.5) is 0 Å². The molecule has 1 saturated heterocycles. The van der Waals surface area contributed by atoms with E-state index < -0.39 is 0 Å². The Bertz CT molecular complexity index is 175. The van der Waals surface area contributed by atoms with Gasteiger partial charge in [-0.2, -0.15) is 0 Å². The lowest BCUT2D eigenvalue weighted by Gasteiger charge is -2.39. The molecule has 0 aromatic heterocycles. The molecule has 1 fully saturated rings. The first kappa shape index (κ1) is 12.9. The van der Waals surface area contributed by atoms with Crippen molar-refractivity contribution in [2.45, 2.75) is 51.6 Å². The highest BCUT2D eigenvalue weighted by Gasteiger charge is 2.26. The Labute approximate surface area is 93.6 Å². The smallest absolute Gasteiger partial charge is 0.0431 e. The third-order valence-corrected chi connectivity index (χ3v) is 3.58. The predicted octanol–water partition coefficient (Wildman–Crippen LogP) is 1.21. The predicted molar refractivity (Wildman–Crippen MR) is 63.7 cm³/mol. The van der Waals surface area contributed by atoms with Gasteiger partial charge < -0.3 is 10.8 Å². The van der Waals surface area contributed by atoms with Gasteiger partial charge in [-0.1, -0.05) is 6.92 Å². The number of nitrogens with zero attached hydrogens (tertiary/aromatic N) is 1. The van der Waals surface area contributed by atoms with E-state index in [1.165, 1.54) is 13.0 Å². The van der Waals surface area contributed by atoms with Crippen molar-refractivity contribution in [2.24, 2.45) is 11.7 Å². The lowest BCUT2D eigenvalue weighted by Crippen LogP contribution is -2.50. The van der Waals surface area contributed by atoms with Crippen LogP contribution >= 0.6 is 0 Å². The van der Waals surface area contributed by atoms with Gasteiger partial charge in [0.05, 0.1) is 0 Å².